The highest BCUT2D eigenvalue weighted by Crippen LogP contribution is 2.24. The number of nitrogens with one attached hydrogen (secondary N) is 1. The van der Waals surface area contributed by atoms with Gasteiger partial charge in [-0.25, -0.2) is 12.8 Å². The Labute approximate surface area is 182 Å². The number of sulfonamides is 1. The molecule has 0 heterocycles. The topological polar surface area (TPSA) is 86.8 Å². The summed E-state index contributed by atoms with van der Waals surface area (Å²) in [6.07, 6.45) is 1.60. The fraction of sp³-hybridized carbons (Fsp3) is 0.364. The van der Waals surface area contributed by atoms with E-state index in [0.29, 0.717) is 12.1 Å². The van der Waals surface area contributed by atoms with Crippen molar-refractivity contribution in [3.05, 3.63) is 65.5 Å². The number of halogens is 1. The lowest BCUT2D eigenvalue weighted by molar-refractivity contribution is -0.139. The number of carbonyl (C=O) groups excluding carboxylic acids is 2. The molecule has 1 N–H and O–H groups in total. The lowest BCUT2D eigenvalue weighted by Gasteiger charge is -2.31. The van der Waals surface area contributed by atoms with Gasteiger partial charge < -0.3 is 10.2 Å². The number of hydrogen-bond acceptors (Lipinski definition) is 4. The molecular formula is C22H28FN3O4S. The third-order valence-electron chi connectivity index (χ3n) is 5.03. The van der Waals surface area contributed by atoms with Crippen LogP contribution >= 0.6 is 0 Å². The maximum atomic E-state index is 14.2. The summed E-state index contributed by atoms with van der Waals surface area (Å²) in [4.78, 5) is 26.7. The normalized spacial score (nSPS) is 12.2. The molecule has 2 aromatic rings. The van der Waals surface area contributed by atoms with E-state index in [4.69, 9.17) is 0 Å². The van der Waals surface area contributed by atoms with Crippen LogP contribution in [0.4, 0.5) is 10.1 Å². The number of nitrogens with zero attached hydrogens (tertiary/aromatic N) is 2. The van der Waals surface area contributed by atoms with Crippen LogP contribution in [0.15, 0.2) is 48.5 Å². The summed E-state index contributed by atoms with van der Waals surface area (Å²) >= 11 is 0. The first-order valence-electron chi connectivity index (χ1n) is 9.90. The van der Waals surface area contributed by atoms with Crippen LogP contribution in [-0.2, 0) is 32.6 Å². The minimum atomic E-state index is -3.80. The Hall–Kier alpha value is -2.94. The summed E-state index contributed by atoms with van der Waals surface area (Å²) in [7, 11) is -2.37. The SMILES string of the molecule is CCc1ccccc1N(CC(=O)N(Cc1ccccc1F)[C@H](C)C(=O)NC)S(C)(=O)=O. The van der Waals surface area contributed by atoms with Crippen molar-refractivity contribution in [2.75, 3.05) is 24.2 Å². The number of para-hydroxylation sites is 1. The highest BCUT2D eigenvalue weighted by Gasteiger charge is 2.30. The van der Waals surface area contributed by atoms with E-state index in [1.54, 1.807) is 30.3 Å². The zero-order chi connectivity index (χ0) is 23.2. The number of hydrogen-bond donors (Lipinski definition) is 1. The molecule has 0 fully saturated rings. The third-order valence-corrected chi connectivity index (χ3v) is 6.16. The van der Waals surface area contributed by atoms with E-state index in [0.717, 1.165) is 16.1 Å². The van der Waals surface area contributed by atoms with Gasteiger partial charge in [-0.05, 0) is 31.0 Å². The molecule has 7 nitrogen and oxygen atoms in total. The average molecular weight is 450 g/mol. The number of anilines is 1. The van der Waals surface area contributed by atoms with E-state index in [2.05, 4.69) is 5.32 Å². The van der Waals surface area contributed by atoms with E-state index in [9.17, 15) is 22.4 Å². The van der Waals surface area contributed by atoms with E-state index in [1.807, 2.05) is 6.92 Å². The molecule has 0 aliphatic heterocycles. The summed E-state index contributed by atoms with van der Waals surface area (Å²) in [5.41, 5.74) is 1.39. The van der Waals surface area contributed by atoms with Gasteiger partial charge in [0, 0.05) is 19.2 Å². The minimum absolute atomic E-state index is 0.173. The van der Waals surface area contributed by atoms with Crippen molar-refractivity contribution in [3.8, 4) is 0 Å². The van der Waals surface area contributed by atoms with Crippen molar-refractivity contribution in [2.24, 2.45) is 0 Å². The molecule has 2 rings (SSSR count). The molecule has 0 aromatic heterocycles. The largest absolute Gasteiger partial charge is 0.357 e. The predicted octanol–water partition coefficient (Wildman–Crippen LogP) is 2.32. The van der Waals surface area contributed by atoms with Crippen LogP contribution in [0.25, 0.3) is 0 Å². The summed E-state index contributed by atoms with van der Waals surface area (Å²) in [6.45, 7) is 2.72. The standard InChI is InChI=1S/C22H28FN3O4S/c1-5-17-10-7-9-13-20(17)26(31(4,29)30)15-21(27)25(16(2)22(28)24-3)14-18-11-6-8-12-19(18)23/h6-13,16H,5,14-15H2,1-4H3,(H,24,28)/t16-/m1/s1. The van der Waals surface area contributed by atoms with Crippen LogP contribution in [0.1, 0.15) is 25.0 Å². The highest BCUT2D eigenvalue weighted by atomic mass is 32.2. The fourth-order valence-electron chi connectivity index (χ4n) is 3.25. The number of likely N-dealkylation sites (N-methyl/N-ethyl adjacent to an activating group) is 1. The molecular weight excluding hydrogens is 421 g/mol. The van der Waals surface area contributed by atoms with Crippen LogP contribution in [0.5, 0.6) is 0 Å². The molecule has 0 radical (unpaired) electrons. The first kappa shape index (κ1) is 24.3. The average Bonchev–Trinajstić information content (AvgIpc) is 2.74. The van der Waals surface area contributed by atoms with Crippen LogP contribution in [0, 0.1) is 5.82 Å². The summed E-state index contributed by atoms with van der Waals surface area (Å²) in [5, 5.41) is 2.48. The van der Waals surface area contributed by atoms with Gasteiger partial charge in [0.2, 0.25) is 21.8 Å². The molecule has 9 heteroatoms. The second-order valence-electron chi connectivity index (χ2n) is 7.16. The second kappa shape index (κ2) is 10.4. The fourth-order valence-corrected chi connectivity index (χ4v) is 4.13. The van der Waals surface area contributed by atoms with E-state index in [1.165, 1.54) is 37.1 Å². The molecule has 31 heavy (non-hydrogen) atoms. The van der Waals surface area contributed by atoms with Crippen LogP contribution < -0.4 is 9.62 Å². The molecule has 168 valence electrons. The number of carbonyl (C=O) groups is 2. The zero-order valence-electron chi connectivity index (χ0n) is 18.1. The lowest BCUT2D eigenvalue weighted by atomic mass is 10.1. The Bertz CT molecular complexity index is 1040. The first-order valence-corrected chi connectivity index (χ1v) is 11.7. The molecule has 0 saturated heterocycles. The van der Waals surface area contributed by atoms with Gasteiger partial charge in [-0.3, -0.25) is 13.9 Å². The number of benzene rings is 2. The van der Waals surface area contributed by atoms with Crippen LogP contribution in [-0.4, -0.2) is 51.0 Å². The smallest absolute Gasteiger partial charge is 0.244 e. The molecule has 1 atom stereocenters. The maximum absolute atomic E-state index is 14.2. The number of amides is 2. The van der Waals surface area contributed by atoms with E-state index < -0.39 is 40.2 Å². The van der Waals surface area contributed by atoms with Gasteiger partial charge in [0.05, 0.1) is 11.9 Å². The van der Waals surface area contributed by atoms with Gasteiger partial charge in [0.25, 0.3) is 0 Å². The Balaban J connectivity index is 2.44. The van der Waals surface area contributed by atoms with E-state index >= 15 is 0 Å². The van der Waals surface area contributed by atoms with E-state index in [-0.39, 0.29) is 12.1 Å². The maximum Gasteiger partial charge on any atom is 0.244 e. The Kier molecular flexibility index (Phi) is 8.15. The lowest BCUT2D eigenvalue weighted by Crippen LogP contribution is -2.50. The molecule has 2 aromatic carbocycles. The summed E-state index contributed by atoms with van der Waals surface area (Å²) in [5.74, 6) is -1.57. The van der Waals surface area contributed by atoms with Gasteiger partial charge in [0.1, 0.15) is 18.4 Å². The highest BCUT2D eigenvalue weighted by molar-refractivity contribution is 7.92. The van der Waals surface area contributed by atoms with Crippen LogP contribution in [0.2, 0.25) is 0 Å². The number of aryl methyl sites for hydroxylation is 1. The van der Waals surface area contributed by atoms with Gasteiger partial charge >= 0.3 is 0 Å². The predicted molar refractivity (Wildman–Crippen MR) is 118 cm³/mol. The molecule has 0 spiro atoms. The Morgan fingerprint density at radius 3 is 2.19 bits per heavy atom. The van der Waals surface area contributed by atoms with Gasteiger partial charge in [0.15, 0.2) is 0 Å². The molecule has 0 unspecified atom stereocenters. The zero-order valence-corrected chi connectivity index (χ0v) is 18.9. The van der Waals surface area contributed by atoms with Crippen molar-refractivity contribution in [1.82, 2.24) is 10.2 Å². The Morgan fingerprint density at radius 2 is 1.65 bits per heavy atom. The van der Waals surface area contributed by atoms with Crippen molar-refractivity contribution in [3.63, 3.8) is 0 Å². The quantitative estimate of drug-likeness (QED) is 0.637. The molecule has 0 aliphatic carbocycles. The molecule has 0 bridgehead atoms. The van der Waals surface area contributed by atoms with Crippen LogP contribution in [0.3, 0.4) is 0 Å². The molecule has 0 saturated carbocycles. The van der Waals surface area contributed by atoms with Crippen molar-refractivity contribution >= 4 is 27.5 Å². The van der Waals surface area contributed by atoms with Crippen molar-refractivity contribution < 1.29 is 22.4 Å². The monoisotopic (exact) mass is 449 g/mol. The van der Waals surface area contributed by atoms with Gasteiger partial charge in [-0.15, -0.1) is 0 Å². The minimum Gasteiger partial charge on any atom is -0.357 e. The van der Waals surface area contributed by atoms with Crippen molar-refractivity contribution in [1.29, 1.82) is 0 Å². The van der Waals surface area contributed by atoms with Gasteiger partial charge in [-0.1, -0.05) is 43.3 Å². The molecule has 0 aliphatic rings. The summed E-state index contributed by atoms with van der Waals surface area (Å²) < 4.78 is 40.3. The Morgan fingerprint density at radius 1 is 1.06 bits per heavy atom. The second-order valence-corrected chi connectivity index (χ2v) is 9.06. The summed E-state index contributed by atoms with van der Waals surface area (Å²) in [6, 6.07) is 11.9. The van der Waals surface area contributed by atoms with Crippen molar-refractivity contribution in [2.45, 2.75) is 32.9 Å². The molecule has 2 amide bonds. The first-order chi connectivity index (χ1) is 14.6. The van der Waals surface area contributed by atoms with Gasteiger partial charge in [-0.2, -0.15) is 0 Å². The third kappa shape index (κ3) is 6.04. The number of rotatable bonds is 9.